The summed E-state index contributed by atoms with van der Waals surface area (Å²) in [5, 5.41) is 0. The molecule has 0 fully saturated rings. The smallest absolute Gasteiger partial charge is 0.0474 e. The Hall–Kier alpha value is -1.15. The molecule has 0 radical (unpaired) electrons. The lowest BCUT2D eigenvalue weighted by Gasteiger charge is -1.95. The molecule has 0 saturated heterocycles. The van der Waals surface area contributed by atoms with E-state index in [1.165, 1.54) is 0 Å². The summed E-state index contributed by atoms with van der Waals surface area (Å²) in [5.41, 5.74) is 12.1. The van der Waals surface area contributed by atoms with Crippen LogP contribution < -0.4 is 11.5 Å². The zero-order chi connectivity index (χ0) is 10.8. The number of hydrogen-bond donors (Lipinski definition) is 2. The molecule has 2 nitrogen and oxygen atoms in total. The number of unbranched alkanes of at least 4 members (excludes halogenated alkanes) is 1. The SMILES string of the molecule is C=C(N)/C=C(\C=C\CC/C=C/N)CCl. The van der Waals surface area contributed by atoms with Gasteiger partial charge >= 0.3 is 0 Å². The minimum absolute atomic E-state index is 0.444. The molecule has 0 aromatic heterocycles. The number of allylic oxidation sites excluding steroid dienone is 5. The standard InChI is InChI=1S/C11H17ClN2/c1-10(14)8-11(9-12)6-4-2-3-5-7-13/h4-8H,1-3,9,13-14H2/b6-4+,7-5+,11-8+. The first-order chi connectivity index (χ1) is 6.70. The molecule has 0 spiro atoms. The fraction of sp³-hybridized carbons (Fsp3) is 0.273. The van der Waals surface area contributed by atoms with Gasteiger partial charge in [-0.15, -0.1) is 11.6 Å². The van der Waals surface area contributed by atoms with Gasteiger partial charge in [-0.3, -0.25) is 0 Å². The highest BCUT2D eigenvalue weighted by Crippen LogP contribution is 2.04. The quantitative estimate of drug-likeness (QED) is 0.404. The first-order valence-electron chi connectivity index (χ1n) is 4.45. The number of halogens is 1. The van der Waals surface area contributed by atoms with Gasteiger partial charge < -0.3 is 11.5 Å². The van der Waals surface area contributed by atoms with Crippen molar-refractivity contribution in [1.29, 1.82) is 0 Å². The predicted octanol–water partition coefficient (Wildman–Crippen LogP) is 2.43. The van der Waals surface area contributed by atoms with Gasteiger partial charge in [0, 0.05) is 11.6 Å². The molecule has 0 aliphatic carbocycles. The van der Waals surface area contributed by atoms with E-state index in [0.29, 0.717) is 11.6 Å². The molecular formula is C11H17ClN2. The highest BCUT2D eigenvalue weighted by atomic mass is 35.5. The van der Waals surface area contributed by atoms with Crippen LogP contribution in [0.25, 0.3) is 0 Å². The fourth-order valence-electron chi connectivity index (χ4n) is 0.893. The van der Waals surface area contributed by atoms with E-state index in [9.17, 15) is 0 Å². The van der Waals surface area contributed by atoms with E-state index in [1.807, 2.05) is 18.2 Å². The molecule has 0 aliphatic rings. The number of rotatable bonds is 6. The van der Waals surface area contributed by atoms with Crippen LogP contribution in [0.15, 0.2) is 48.4 Å². The lowest BCUT2D eigenvalue weighted by molar-refractivity contribution is 1.04. The monoisotopic (exact) mass is 212 g/mol. The van der Waals surface area contributed by atoms with Gasteiger partial charge in [-0.25, -0.2) is 0 Å². The first-order valence-corrected chi connectivity index (χ1v) is 4.98. The van der Waals surface area contributed by atoms with Crippen LogP contribution in [0.3, 0.4) is 0 Å². The second-order valence-corrected chi connectivity index (χ2v) is 3.10. The van der Waals surface area contributed by atoms with Gasteiger partial charge in [0.05, 0.1) is 0 Å². The van der Waals surface area contributed by atoms with Gasteiger partial charge in [0.15, 0.2) is 0 Å². The molecule has 14 heavy (non-hydrogen) atoms. The molecule has 0 heterocycles. The average Bonchev–Trinajstić information content (AvgIpc) is 2.15. The summed E-state index contributed by atoms with van der Waals surface area (Å²) in [6.45, 7) is 3.58. The maximum Gasteiger partial charge on any atom is 0.0474 e. The molecule has 0 saturated carbocycles. The van der Waals surface area contributed by atoms with Gasteiger partial charge in [0.2, 0.25) is 0 Å². The van der Waals surface area contributed by atoms with Crippen molar-refractivity contribution in [2.45, 2.75) is 12.8 Å². The highest BCUT2D eigenvalue weighted by molar-refractivity contribution is 6.19. The molecule has 0 rings (SSSR count). The third kappa shape index (κ3) is 7.50. The Kier molecular flexibility index (Phi) is 7.75. The average molecular weight is 213 g/mol. The zero-order valence-electron chi connectivity index (χ0n) is 8.25. The molecule has 4 N–H and O–H groups in total. The lowest BCUT2D eigenvalue weighted by atomic mass is 10.2. The molecule has 0 aliphatic heterocycles. The van der Waals surface area contributed by atoms with Crippen molar-refractivity contribution in [2.75, 3.05) is 5.88 Å². The van der Waals surface area contributed by atoms with E-state index in [0.717, 1.165) is 18.4 Å². The minimum atomic E-state index is 0.444. The van der Waals surface area contributed by atoms with E-state index in [1.54, 1.807) is 12.3 Å². The van der Waals surface area contributed by atoms with Crippen molar-refractivity contribution < 1.29 is 0 Å². The predicted molar refractivity (Wildman–Crippen MR) is 63.8 cm³/mol. The van der Waals surface area contributed by atoms with Gasteiger partial charge in [-0.05, 0) is 30.7 Å². The third-order valence-electron chi connectivity index (χ3n) is 1.49. The van der Waals surface area contributed by atoms with E-state index in [-0.39, 0.29) is 0 Å². The highest BCUT2D eigenvalue weighted by Gasteiger charge is 1.88. The Balaban J connectivity index is 3.99. The van der Waals surface area contributed by atoms with Crippen molar-refractivity contribution >= 4 is 11.6 Å². The molecular weight excluding hydrogens is 196 g/mol. The number of nitrogens with two attached hydrogens (primary N) is 2. The second kappa shape index (κ2) is 8.45. The van der Waals surface area contributed by atoms with Crippen molar-refractivity contribution in [2.24, 2.45) is 11.5 Å². The van der Waals surface area contributed by atoms with Crippen LogP contribution in [-0.4, -0.2) is 5.88 Å². The topological polar surface area (TPSA) is 52.0 Å². The molecule has 0 atom stereocenters. The van der Waals surface area contributed by atoms with E-state index in [4.69, 9.17) is 23.1 Å². The summed E-state index contributed by atoms with van der Waals surface area (Å²) < 4.78 is 0. The van der Waals surface area contributed by atoms with E-state index < -0.39 is 0 Å². The summed E-state index contributed by atoms with van der Waals surface area (Å²) in [4.78, 5) is 0. The Morgan fingerprint density at radius 2 is 1.93 bits per heavy atom. The summed E-state index contributed by atoms with van der Waals surface area (Å²) in [5.74, 6) is 0.444. The van der Waals surface area contributed by atoms with Crippen molar-refractivity contribution in [1.82, 2.24) is 0 Å². The van der Waals surface area contributed by atoms with Crippen molar-refractivity contribution in [3.8, 4) is 0 Å². The first kappa shape index (κ1) is 12.8. The number of hydrogen-bond acceptors (Lipinski definition) is 2. The molecule has 78 valence electrons. The van der Waals surface area contributed by atoms with Crippen LogP contribution in [0.1, 0.15) is 12.8 Å². The van der Waals surface area contributed by atoms with Crippen LogP contribution in [0.2, 0.25) is 0 Å². The zero-order valence-corrected chi connectivity index (χ0v) is 9.00. The Morgan fingerprint density at radius 3 is 2.43 bits per heavy atom. The maximum atomic E-state index is 5.70. The molecule has 0 unspecified atom stereocenters. The maximum absolute atomic E-state index is 5.70. The Labute approximate surface area is 90.6 Å². The van der Waals surface area contributed by atoms with Gasteiger partial charge in [0.25, 0.3) is 0 Å². The third-order valence-corrected chi connectivity index (χ3v) is 1.80. The van der Waals surface area contributed by atoms with Gasteiger partial charge in [0.1, 0.15) is 0 Å². The summed E-state index contributed by atoms with van der Waals surface area (Å²) in [6, 6.07) is 0. The molecule has 0 amide bonds. The molecule has 0 aromatic rings. The normalized spacial score (nSPS) is 12.8. The second-order valence-electron chi connectivity index (χ2n) is 2.84. The number of alkyl halides is 1. The summed E-state index contributed by atoms with van der Waals surface area (Å²) in [7, 11) is 0. The summed E-state index contributed by atoms with van der Waals surface area (Å²) in [6.07, 6.45) is 11.1. The molecule has 0 bridgehead atoms. The van der Waals surface area contributed by atoms with Crippen LogP contribution in [0, 0.1) is 0 Å². The molecule has 0 aromatic carbocycles. The molecule has 3 heteroatoms. The Morgan fingerprint density at radius 1 is 1.29 bits per heavy atom. The summed E-state index contributed by atoms with van der Waals surface area (Å²) >= 11 is 5.70. The van der Waals surface area contributed by atoms with Gasteiger partial charge in [-0.1, -0.05) is 24.8 Å². The Bertz CT molecular complexity index is 252. The van der Waals surface area contributed by atoms with Crippen LogP contribution in [0.4, 0.5) is 0 Å². The van der Waals surface area contributed by atoms with Crippen molar-refractivity contribution in [3.63, 3.8) is 0 Å². The van der Waals surface area contributed by atoms with Crippen LogP contribution in [0.5, 0.6) is 0 Å². The fourth-order valence-corrected chi connectivity index (χ4v) is 1.06. The minimum Gasteiger partial charge on any atom is -0.405 e. The lowest BCUT2D eigenvalue weighted by Crippen LogP contribution is -1.92. The van der Waals surface area contributed by atoms with Crippen LogP contribution in [-0.2, 0) is 0 Å². The van der Waals surface area contributed by atoms with Crippen LogP contribution >= 0.6 is 11.6 Å². The van der Waals surface area contributed by atoms with E-state index >= 15 is 0 Å². The van der Waals surface area contributed by atoms with Gasteiger partial charge in [-0.2, -0.15) is 0 Å². The van der Waals surface area contributed by atoms with Crippen molar-refractivity contribution in [3.05, 3.63) is 48.4 Å². The van der Waals surface area contributed by atoms with E-state index in [2.05, 4.69) is 6.58 Å². The largest absolute Gasteiger partial charge is 0.405 e.